The van der Waals surface area contributed by atoms with E-state index in [2.05, 4.69) is 9.97 Å². The molecule has 0 spiro atoms. The summed E-state index contributed by atoms with van der Waals surface area (Å²) in [7, 11) is 0. The van der Waals surface area contributed by atoms with Crippen LogP contribution in [-0.2, 0) is 6.18 Å². The summed E-state index contributed by atoms with van der Waals surface area (Å²) in [4.78, 5) is 7.46. The monoisotopic (exact) mass is 288 g/mol. The third kappa shape index (κ3) is 3.14. The first-order valence-electron chi connectivity index (χ1n) is 5.21. The highest BCUT2D eigenvalue weighted by Gasteiger charge is 2.34. The summed E-state index contributed by atoms with van der Waals surface area (Å²) in [5, 5.41) is -0.0925. The Balaban J connectivity index is 2.41. The quantitative estimate of drug-likeness (QED) is 0.775. The van der Waals surface area contributed by atoms with Crippen LogP contribution in [0, 0.1) is 6.92 Å². The van der Waals surface area contributed by atoms with E-state index in [-0.39, 0.29) is 16.9 Å². The third-order valence-electron chi connectivity index (χ3n) is 2.29. The molecule has 100 valence electrons. The van der Waals surface area contributed by atoms with E-state index >= 15 is 0 Å². The molecule has 0 N–H and O–H groups in total. The first-order valence-corrected chi connectivity index (χ1v) is 5.59. The van der Waals surface area contributed by atoms with Gasteiger partial charge in [0.05, 0.1) is 5.56 Å². The Morgan fingerprint density at radius 3 is 2.58 bits per heavy atom. The van der Waals surface area contributed by atoms with Crippen LogP contribution in [0.1, 0.15) is 11.1 Å². The van der Waals surface area contributed by atoms with Crippen LogP contribution in [0.2, 0.25) is 5.28 Å². The van der Waals surface area contributed by atoms with Crippen molar-refractivity contribution in [1.29, 1.82) is 0 Å². The van der Waals surface area contributed by atoms with Crippen LogP contribution >= 0.6 is 11.6 Å². The molecule has 0 aliphatic heterocycles. The average molecular weight is 289 g/mol. The van der Waals surface area contributed by atoms with Crippen molar-refractivity contribution in [3.05, 3.63) is 46.9 Å². The van der Waals surface area contributed by atoms with Gasteiger partial charge in [0.2, 0.25) is 11.2 Å². The Morgan fingerprint density at radius 1 is 1.21 bits per heavy atom. The van der Waals surface area contributed by atoms with E-state index in [1.807, 2.05) is 0 Å². The van der Waals surface area contributed by atoms with E-state index < -0.39 is 11.7 Å². The molecule has 3 nitrogen and oxygen atoms in total. The van der Waals surface area contributed by atoms with Gasteiger partial charge in [-0.3, -0.25) is 0 Å². The number of alkyl halides is 3. The normalized spacial score (nSPS) is 11.4. The van der Waals surface area contributed by atoms with Crippen LogP contribution in [0.15, 0.2) is 30.5 Å². The lowest BCUT2D eigenvalue weighted by Crippen LogP contribution is -2.07. The fourth-order valence-corrected chi connectivity index (χ4v) is 1.53. The Labute approximate surface area is 112 Å². The van der Waals surface area contributed by atoms with Gasteiger partial charge < -0.3 is 4.74 Å². The SMILES string of the molecule is Cc1cnc(Cl)nc1Oc1ccccc1C(F)(F)F. The van der Waals surface area contributed by atoms with E-state index in [4.69, 9.17) is 16.3 Å². The van der Waals surface area contributed by atoms with Crippen molar-refractivity contribution in [2.75, 3.05) is 0 Å². The number of hydrogen-bond acceptors (Lipinski definition) is 3. The highest BCUT2D eigenvalue weighted by molar-refractivity contribution is 6.28. The smallest absolute Gasteiger partial charge is 0.419 e. The minimum atomic E-state index is -4.50. The van der Waals surface area contributed by atoms with Crippen molar-refractivity contribution in [1.82, 2.24) is 9.97 Å². The zero-order chi connectivity index (χ0) is 14.0. The summed E-state index contributed by atoms with van der Waals surface area (Å²) in [6.45, 7) is 1.61. The second-order valence-electron chi connectivity index (χ2n) is 3.72. The fourth-order valence-electron chi connectivity index (χ4n) is 1.40. The number of rotatable bonds is 2. The molecule has 0 unspecified atom stereocenters. The van der Waals surface area contributed by atoms with Gasteiger partial charge in [0.25, 0.3) is 0 Å². The number of ether oxygens (including phenoxy) is 1. The van der Waals surface area contributed by atoms with Gasteiger partial charge >= 0.3 is 6.18 Å². The molecule has 1 heterocycles. The Kier molecular flexibility index (Phi) is 3.61. The van der Waals surface area contributed by atoms with E-state index in [9.17, 15) is 13.2 Å². The summed E-state index contributed by atoms with van der Waals surface area (Å²) >= 11 is 5.59. The van der Waals surface area contributed by atoms with Crippen molar-refractivity contribution in [3.8, 4) is 11.6 Å². The predicted molar refractivity (Wildman–Crippen MR) is 63.3 cm³/mol. The van der Waals surface area contributed by atoms with Crippen molar-refractivity contribution < 1.29 is 17.9 Å². The topological polar surface area (TPSA) is 35.0 Å². The Morgan fingerprint density at radius 2 is 1.89 bits per heavy atom. The maximum atomic E-state index is 12.8. The molecule has 0 bridgehead atoms. The number of halogens is 4. The van der Waals surface area contributed by atoms with Crippen LogP contribution in [0.3, 0.4) is 0 Å². The van der Waals surface area contributed by atoms with Gasteiger partial charge in [-0.2, -0.15) is 18.2 Å². The molecule has 0 amide bonds. The number of hydrogen-bond donors (Lipinski definition) is 0. The summed E-state index contributed by atoms with van der Waals surface area (Å²) in [6.07, 6.45) is -3.12. The molecule has 0 aliphatic rings. The first kappa shape index (κ1) is 13.6. The summed E-state index contributed by atoms with van der Waals surface area (Å²) < 4.78 is 43.6. The van der Waals surface area contributed by atoms with Crippen LogP contribution in [0.4, 0.5) is 13.2 Å². The van der Waals surface area contributed by atoms with Gasteiger partial charge in [0.1, 0.15) is 5.75 Å². The maximum Gasteiger partial charge on any atom is 0.419 e. The van der Waals surface area contributed by atoms with Crippen molar-refractivity contribution >= 4 is 11.6 Å². The second kappa shape index (κ2) is 5.05. The Bertz CT molecular complexity index is 602. The van der Waals surface area contributed by atoms with Crippen molar-refractivity contribution in [2.24, 2.45) is 0 Å². The summed E-state index contributed by atoms with van der Waals surface area (Å²) in [6, 6.07) is 4.89. The van der Waals surface area contributed by atoms with Crippen molar-refractivity contribution in [3.63, 3.8) is 0 Å². The Hall–Kier alpha value is -1.82. The lowest BCUT2D eigenvalue weighted by atomic mass is 10.2. The third-order valence-corrected chi connectivity index (χ3v) is 2.48. The second-order valence-corrected chi connectivity index (χ2v) is 4.06. The molecule has 0 saturated carbocycles. The molecule has 1 aromatic carbocycles. The lowest BCUT2D eigenvalue weighted by Gasteiger charge is -2.13. The van der Waals surface area contributed by atoms with E-state index in [1.165, 1.54) is 24.4 Å². The highest BCUT2D eigenvalue weighted by Crippen LogP contribution is 2.38. The number of aryl methyl sites for hydroxylation is 1. The molecule has 0 radical (unpaired) electrons. The predicted octanol–water partition coefficient (Wildman–Crippen LogP) is 4.25. The molecule has 0 aliphatic carbocycles. The molecule has 0 atom stereocenters. The van der Waals surface area contributed by atoms with Crippen LogP contribution in [-0.4, -0.2) is 9.97 Å². The summed E-state index contributed by atoms with van der Waals surface area (Å²) in [5.41, 5.74) is -0.384. The molecule has 7 heteroatoms. The number of aromatic nitrogens is 2. The molecular formula is C12H8ClF3N2O. The number of para-hydroxylation sites is 1. The molecular weight excluding hydrogens is 281 g/mol. The minimum absolute atomic E-state index is 0.00306. The van der Waals surface area contributed by atoms with Gasteiger partial charge in [-0.15, -0.1) is 0 Å². The van der Waals surface area contributed by atoms with Gasteiger partial charge in [0.15, 0.2) is 0 Å². The standard InChI is InChI=1S/C12H8ClF3N2O/c1-7-6-17-11(13)18-10(7)19-9-5-3-2-4-8(9)12(14,15)16/h2-6H,1H3. The zero-order valence-electron chi connectivity index (χ0n) is 9.70. The maximum absolute atomic E-state index is 12.8. The van der Waals surface area contributed by atoms with Crippen LogP contribution in [0.5, 0.6) is 11.6 Å². The van der Waals surface area contributed by atoms with E-state index in [0.29, 0.717) is 5.56 Å². The molecule has 2 rings (SSSR count). The molecule has 0 fully saturated rings. The molecule has 2 aromatic rings. The average Bonchev–Trinajstić information content (AvgIpc) is 2.33. The molecule has 0 saturated heterocycles. The first-order chi connectivity index (χ1) is 8.88. The van der Waals surface area contributed by atoms with Crippen LogP contribution < -0.4 is 4.74 Å². The summed E-state index contributed by atoms with van der Waals surface area (Å²) in [5.74, 6) is -0.329. The van der Waals surface area contributed by atoms with E-state index in [0.717, 1.165) is 6.07 Å². The lowest BCUT2D eigenvalue weighted by molar-refractivity contribution is -0.138. The van der Waals surface area contributed by atoms with Crippen LogP contribution in [0.25, 0.3) is 0 Å². The molecule has 19 heavy (non-hydrogen) atoms. The zero-order valence-corrected chi connectivity index (χ0v) is 10.5. The van der Waals surface area contributed by atoms with Gasteiger partial charge in [-0.05, 0) is 30.7 Å². The van der Waals surface area contributed by atoms with Gasteiger partial charge in [-0.25, -0.2) is 4.98 Å². The minimum Gasteiger partial charge on any atom is -0.438 e. The highest BCUT2D eigenvalue weighted by atomic mass is 35.5. The van der Waals surface area contributed by atoms with Gasteiger partial charge in [-0.1, -0.05) is 12.1 Å². The molecule has 1 aromatic heterocycles. The van der Waals surface area contributed by atoms with Crippen molar-refractivity contribution in [2.45, 2.75) is 13.1 Å². The largest absolute Gasteiger partial charge is 0.438 e. The van der Waals surface area contributed by atoms with Gasteiger partial charge in [0, 0.05) is 11.8 Å². The number of nitrogens with zero attached hydrogens (tertiary/aromatic N) is 2. The fraction of sp³-hybridized carbons (Fsp3) is 0.167. The van der Waals surface area contributed by atoms with E-state index in [1.54, 1.807) is 6.92 Å². The number of benzene rings is 1.